The van der Waals surface area contributed by atoms with Crippen LogP contribution in [0.2, 0.25) is 0 Å². The van der Waals surface area contributed by atoms with E-state index in [1.165, 1.54) is 164 Å². The predicted octanol–water partition coefficient (Wildman–Crippen LogP) is 6.13. The Bertz CT molecular complexity index is 1310. The van der Waals surface area contributed by atoms with Crippen LogP contribution in [-0.4, -0.2) is 111 Å². The summed E-state index contributed by atoms with van der Waals surface area (Å²) in [6.45, 7) is 29.0. The summed E-state index contributed by atoms with van der Waals surface area (Å²) in [5, 5.41) is 19.7. The normalized spacial score (nSPS) is 20.2. The number of aromatic nitrogens is 2. The van der Waals surface area contributed by atoms with Gasteiger partial charge in [-0.3, -0.25) is 23.5 Å². The Labute approximate surface area is 355 Å². The first kappa shape index (κ1) is 57.7. The van der Waals surface area contributed by atoms with Crippen LogP contribution in [0.1, 0.15) is 164 Å². The highest BCUT2D eigenvalue weighted by atomic mass is 31.3. The lowest BCUT2D eigenvalue weighted by molar-refractivity contribution is -0.929. The Kier molecular flexibility index (Phi) is 30.9. The summed E-state index contributed by atoms with van der Waals surface area (Å²) in [4.78, 5) is 54.4. The molecule has 0 bridgehead atoms. The van der Waals surface area contributed by atoms with Crippen molar-refractivity contribution in [3.8, 4) is 0 Å². The molecule has 2 rings (SSSR count). The van der Waals surface area contributed by atoms with Gasteiger partial charge < -0.3 is 43.1 Å². The van der Waals surface area contributed by atoms with Gasteiger partial charge in [0.1, 0.15) is 18.3 Å². The second-order valence-corrected chi connectivity index (χ2v) is 18.9. The van der Waals surface area contributed by atoms with E-state index < -0.39 is 58.0 Å². The Morgan fingerprint density at radius 1 is 0.661 bits per heavy atom. The highest BCUT2D eigenvalue weighted by Gasteiger charge is 2.44. The molecule has 2 unspecified atom stereocenters. The maximum atomic E-state index is 11.7. The molecular formula is C41H84N4O12P2. The average molecular weight is 887 g/mol. The quantitative estimate of drug-likeness (QED) is 0.0506. The van der Waals surface area contributed by atoms with Gasteiger partial charge in [-0.15, -0.1) is 0 Å². The molecule has 1 aliphatic rings. The van der Waals surface area contributed by atoms with Crippen molar-refractivity contribution in [2.45, 2.75) is 183 Å². The van der Waals surface area contributed by atoms with Gasteiger partial charge in [-0.05, 0) is 51.4 Å². The minimum absolute atomic E-state index is 0.718. The number of hydrogen-bond acceptors (Lipinski definition) is 11. The molecule has 1 aliphatic heterocycles. The Morgan fingerprint density at radius 2 is 1.00 bits per heavy atom. The van der Waals surface area contributed by atoms with Crippen molar-refractivity contribution in [1.29, 1.82) is 0 Å². The maximum Gasteiger partial charge on any atom is 0.330 e. The van der Waals surface area contributed by atoms with Gasteiger partial charge in [-0.25, -0.2) is 9.11 Å². The molecule has 350 valence electrons. The van der Waals surface area contributed by atoms with Crippen LogP contribution in [0, 0.1) is 0 Å². The Hall–Kier alpha value is -1.26. The van der Waals surface area contributed by atoms with E-state index in [0.717, 1.165) is 16.8 Å². The predicted molar refractivity (Wildman–Crippen MR) is 230 cm³/mol. The standard InChI is InChI=1S/2C16H36N.C9H14N2O12P2/c2*1-5-9-13-17(14-10-6-2,15-11-7-3)16-12-8-4;12-5-1-2-11(9(15)10-5)8-7(14)6(13)4(22-8)3-21-25(19,20)23-24(16,17)18/h2*5-16H2,1-4H3;1-2,4,6-8,13-14H,3H2,(H,19,20)(H,10,12,15)(H2,16,17,18)/q2*+1;/p-2/t;;4-,6-,7-,8-/m..1/s1. The first-order valence-corrected chi connectivity index (χ1v) is 25.6. The van der Waals surface area contributed by atoms with Crippen LogP contribution in [0.4, 0.5) is 0 Å². The van der Waals surface area contributed by atoms with Crippen LogP contribution in [-0.2, 0) is 22.7 Å². The highest BCUT2D eigenvalue weighted by Crippen LogP contribution is 2.52. The molecule has 0 aromatic carbocycles. The smallest absolute Gasteiger partial charge is 0.330 e. The number of H-pyrrole nitrogens is 1. The number of unbranched alkanes of at least 4 members (excludes halogenated alkanes) is 8. The zero-order valence-corrected chi connectivity index (χ0v) is 39.7. The summed E-state index contributed by atoms with van der Waals surface area (Å²) in [6, 6.07) is 0.945. The second-order valence-electron chi connectivity index (χ2n) is 16.2. The lowest BCUT2D eigenvalue weighted by atomic mass is 10.1. The molecule has 59 heavy (non-hydrogen) atoms. The zero-order chi connectivity index (χ0) is 45.0. The molecule has 1 saturated heterocycles. The van der Waals surface area contributed by atoms with Gasteiger partial charge in [0.25, 0.3) is 21.2 Å². The van der Waals surface area contributed by atoms with Crippen molar-refractivity contribution in [1.82, 2.24) is 9.55 Å². The van der Waals surface area contributed by atoms with Crippen molar-refractivity contribution < 1.29 is 56.6 Å². The molecule has 1 aromatic heterocycles. The molecule has 1 fully saturated rings. The number of rotatable bonds is 30. The molecule has 1 aromatic rings. The van der Waals surface area contributed by atoms with Crippen LogP contribution in [0.5, 0.6) is 0 Å². The first-order chi connectivity index (χ1) is 27.9. The van der Waals surface area contributed by atoms with Crippen LogP contribution in [0.25, 0.3) is 0 Å². The van der Waals surface area contributed by atoms with Gasteiger partial charge >= 0.3 is 5.69 Å². The third kappa shape index (κ3) is 24.2. The fraction of sp³-hybridized carbons (Fsp3) is 0.902. The molecule has 6 atom stereocenters. The van der Waals surface area contributed by atoms with Gasteiger partial charge in [0.2, 0.25) is 0 Å². The van der Waals surface area contributed by atoms with Crippen LogP contribution < -0.4 is 21.0 Å². The molecule has 4 N–H and O–H groups in total. The number of quaternary nitrogens is 2. The fourth-order valence-electron chi connectivity index (χ4n) is 7.33. The van der Waals surface area contributed by atoms with Crippen LogP contribution in [0.15, 0.2) is 21.9 Å². The van der Waals surface area contributed by atoms with Crippen LogP contribution >= 0.6 is 15.6 Å². The summed E-state index contributed by atoms with van der Waals surface area (Å²) in [6.07, 6.45) is 16.7. The molecule has 18 heteroatoms. The molecule has 0 amide bonds. The largest absolute Gasteiger partial charge is 0.756 e. The molecular weight excluding hydrogens is 802 g/mol. The maximum absolute atomic E-state index is 11.7. The van der Waals surface area contributed by atoms with Gasteiger partial charge in [0.05, 0.1) is 59.0 Å². The van der Waals surface area contributed by atoms with Crippen molar-refractivity contribution >= 4 is 15.6 Å². The van der Waals surface area contributed by atoms with E-state index in [0.29, 0.717) is 0 Å². The SMILES string of the molecule is CCCC[N+](CCCC)(CCCC)CCCC.CCCC[N+](CCCC)(CCCC)CCCC.O=c1ccn([C@@H]2O[C@H](COP(=O)([O-])OP(=O)([O-])O)[C@@H](O)[C@H]2O)c(=O)[nH]1. The summed E-state index contributed by atoms with van der Waals surface area (Å²) in [5.74, 6) is 0. The molecule has 0 aliphatic carbocycles. The van der Waals surface area contributed by atoms with Gasteiger partial charge in [-0.1, -0.05) is 107 Å². The fourth-order valence-corrected chi connectivity index (χ4v) is 8.86. The summed E-state index contributed by atoms with van der Waals surface area (Å²) >= 11 is 0. The highest BCUT2D eigenvalue weighted by molar-refractivity contribution is 7.59. The van der Waals surface area contributed by atoms with Crippen LogP contribution in [0.3, 0.4) is 0 Å². The minimum atomic E-state index is -5.63. The van der Waals surface area contributed by atoms with Crippen molar-refractivity contribution in [2.24, 2.45) is 0 Å². The third-order valence-electron chi connectivity index (χ3n) is 11.0. The lowest BCUT2D eigenvalue weighted by Crippen LogP contribution is -2.50. The van der Waals surface area contributed by atoms with E-state index in [9.17, 15) is 38.7 Å². The molecule has 0 radical (unpaired) electrons. The molecule has 2 heterocycles. The summed E-state index contributed by atoms with van der Waals surface area (Å²) in [5.41, 5.74) is -1.68. The topological polar surface area (TPSA) is 223 Å². The number of phosphoric ester groups is 1. The third-order valence-corrected chi connectivity index (χ3v) is 13.0. The number of aliphatic hydroxyl groups is 2. The van der Waals surface area contributed by atoms with E-state index in [2.05, 4.69) is 64.2 Å². The lowest BCUT2D eigenvalue weighted by Gasteiger charge is -2.39. The van der Waals surface area contributed by atoms with E-state index in [1.54, 1.807) is 0 Å². The zero-order valence-electron chi connectivity index (χ0n) is 37.9. The molecule has 16 nitrogen and oxygen atoms in total. The van der Waals surface area contributed by atoms with Crippen molar-refractivity contribution in [2.75, 3.05) is 59.0 Å². The van der Waals surface area contributed by atoms with Crippen molar-refractivity contribution in [3.05, 3.63) is 33.1 Å². The van der Waals surface area contributed by atoms with E-state index >= 15 is 0 Å². The van der Waals surface area contributed by atoms with E-state index in [4.69, 9.17) is 9.63 Å². The number of nitrogens with one attached hydrogen (secondary N) is 1. The number of nitrogens with zero attached hydrogens (tertiary/aromatic N) is 3. The Balaban J connectivity index is 0.000000885. The average Bonchev–Trinajstić information content (AvgIpc) is 3.47. The number of aromatic amines is 1. The van der Waals surface area contributed by atoms with Gasteiger partial charge in [0, 0.05) is 12.3 Å². The monoisotopic (exact) mass is 887 g/mol. The van der Waals surface area contributed by atoms with Gasteiger partial charge in [0.15, 0.2) is 6.23 Å². The molecule has 0 spiro atoms. The van der Waals surface area contributed by atoms with E-state index in [1.807, 2.05) is 4.98 Å². The second kappa shape index (κ2) is 31.6. The summed E-state index contributed by atoms with van der Waals surface area (Å²) in [7, 11) is -11.1. The first-order valence-electron chi connectivity index (χ1n) is 22.6. The Morgan fingerprint density at radius 3 is 1.29 bits per heavy atom. The summed E-state index contributed by atoms with van der Waals surface area (Å²) < 4.78 is 37.7. The molecule has 0 saturated carbocycles. The number of ether oxygens (including phenoxy) is 1. The number of aliphatic hydroxyl groups excluding tert-OH is 2. The van der Waals surface area contributed by atoms with Gasteiger partial charge in [-0.2, -0.15) is 0 Å². The number of phosphoric acid groups is 2. The van der Waals surface area contributed by atoms with Crippen molar-refractivity contribution in [3.63, 3.8) is 0 Å². The number of hydrogen-bond donors (Lipinski definition) is 4. The minimum Gasteiger partial charge on any atom is -0.756 e. The van der Waals surface area contributed by atoms with E-state index in [-0.39, 0.29) is 0 Å².